The van der Waals surface area contributed by atoms with Crippen molar-refractivity contribution in [1.29, 1.82) is 0 Å². The van der Waals surface area contributed by atoms with E-state index in [1.165, 1.54) is 5.56 Å². The highest BCUT2D eigenvalue weighted by atomic mass is 16.5. The molecule has 4 rings (SSSR count). The maximum Gasteiger partial charge on any atom is 0.251 e. The molecule has 0 bridgehead atoms. The quantitative estimate of drug-likeness (QED) is 0.822. The van der Waals surface area contributed by atoms with Crippen LogP contribution in [0.25, 0.3) is 0 Å². The minimum Gasteiger partial charge on any atom is -0.494 e. The number of aliphatic hydroxyl groups excluding tert-OH is 1. The molecule has 2 aromatic carbocycles. The first-order valence-electron chi connectivity index (χ1n) is 9.61. The summed E-state index contributed by atoms with van der Waals surface area (Å²) in [5, 5.41) is 13.0. The summed E-state index contributed by atoms with van der Waals surface area (Å²) in [4.78, 5) is 12.9. The van der Waals surface area contributed by atoms with Crippen molar-refractivity contribution in [3.05, 3.63) is 59.2 Å². The Morgan fingerprint density at radius 1 is 1.30 bits per heavy atom. The fourth-order valence-electron chi connectivity index (χ4n) is 3.89. The first-order chi connectivity index (χ1) is 13.1. The maximum absolute atomic E-state index is 12.9. The zero-order valence-electron chi connectivity index (χ0n) is 15.5. The van der Waals surface area contributed by atoms with Gasteiger partial charge in [0.25, 0.3) is 5.91 Å². The minimum atomic E-state index is -0.270. The predicted molar refractivity (Wildman–Crippen MR) is 102 cm³/mol. The molecule has 1 amide bonds. The smallest absolute Gasteiger partial charge is 0.251 e. The van der Waals surface area contributed by atoms with E-state index in [0.29, 0.717) is 37.4 Å². The van der Waals surface area contributed by atoms with E-state index in [-0.39, 0.29) is 24.0 Å². The lowest BCUT2D eigenvalue weighted by atomic mass is 9.74. The minimum absolute atomic E-state index is 0.123. The molecule has 2 aliphatic rings. The van der Waals surface area contributed by atoms with Crippen LogP contribution in [0.1, 0.15) is 47.3 Å². The van der Waals surface area contributed by atoms with E-state index in [1.807, 2.05) is 31.2 Å². The molecule has 5 heteroatoms. The lowest BCUT2D eigenvalue weighted by Crippen LogP contribution is -2.41. The van der Waals surface area contributed by atoms with Gasteiger partial charge in [-0.15, -0.1) is 0 Å². The summed E-state index contributed by atoms with van der Waals surface area (Å²) >= 11 is 0. The highest BCUT2D eigenvalue weighted by Crippen LogP contribution is 2.40. The van der Waals surface area contributed by atoms with Gasteiger partial charge in [-0.3, -0.25) is 4.79 Å². The van der Waals surface area contributed by atoms with Crippen LogP contribution in [0.15, 0.2) is 42.5 Å². The third-order valence-corrected chi connectivity index (χ3v) is 5.39. The summed E-state index contributed by atoms with van der Waals surface area (Å²) in [7, 11) is 0. The molecule has 1 fully saturated rings. The number of rotatable bonds is 6. The van der Waals surface area contributed by atoms with E-state index in [4.69, 9.17) is 9.47 Å². The molecule has 0 saturated heterocycles. The molecule has 0 aromatic heterocycles. The van der Waals surface area contributed by atoms with Crippen molar-refractivity contribution in [2.75, 3.05) is 13.2 Å². The Morgan fingerprint density at radius 3 is 2.93 bits per heavy atom. The Bertz CT molecular complexity index is 829. The van der Waals surface area contributed by atoms with E-state index in [0.717, 1.165) is 17.7 Å². The molecule has 0 spiro atoms. The molecule has 142 valence electrons. The molecule has 1 aliphatic heterocycles. The van der Waals surface area contributed by atoms with E-state index < -0.39 is 0 Å². The Hall–Kier alpha value is -2.53. The molecule has 1 unspecified atom stereocenters. The third-order valence-electron chi connectivity index (χ3n) is 5.39. The van der Waals surface area contributed by atoms with Gasteiger partial charge >= 0.3 is 0 Å². The van der Waals surface area contributed by atoms with Gasteiger partial charge in [-0.05, 0) is 67.1 Å². The molecular formula is C22H25NO4. The molecule has 1 heterocycles. The molecular weight excluding hydrogens is 342 g/mol. The zero-order chi connectivity index (χ0) is 18.8. The molecule has 1 saturated carbocycles. The topological polar surface area (TPSA) is 67.8 Å². The highest BCUT2D eigenvalue weighted by molar-refractivity contribution is 5.94. The fourth-order valence-corrected chi connectivity index (χ4v) is 3.89. The second kappa shape index (κ2) is 7.61. The number of aliphatic hydroxyl groups is 1. The largest absolute Gasteiger partial charge is 0.494 e. The van der Waals surface area contributed by atoms with Crippen LogP contribution in [0.5, 0.6) is 11.5 Å². The van der Waals surface area contributed by atoms with E-state index in [2.05, 4.69) is 11.4 Å². The van der Waals surface area contributed by atoms with Crippen molar-refractivity contribution in [3.63, 3.8) is 0 Å². The van der Waals surface area contributed by atoms with Crippen molar-refractivity contribution >= 4 is 5.91 Å². The number of ether oxygens (including phenoxy) is 2. The number of carbonyl (C=O) groups excluding carboxylic acids is 1. The third kappa shape index (κ3) is 3.78. The number of benzene rings is 2. The van der Waals surface area contributed by atoms with Gasteiger partial charge in [0.2, 0.25) is 0 Å². The molecule has 1 atom stereocenters. The van der Waals surface area contributed by atoms with Gasteiger partial charge in [-0.2, -0.15) is 0 Å². The van der Waals surface area contributed by atoms with Crippen LogP contribution in [-0.4, -0.2) is 30.3 Å². The Labute approximate surface area is 159 Å². The Morgan fingerprint density at radius 2 is 2.15 bits per heavy atom. The van der Waals surface area contributed by atoms with Crippen LogP contribution in [0, 0.1) is 5.92 Å². The summed E-state index contributed by atoms with van der Waals surface area (Å²) in [5.41, 5.74) is 2.84. The number of carbonyl (C=O) groups is 1. The molecule has 2 aromatic rings. The Balaban J connectivity index is 1.56. The van der Waals surface area contributed by atoms with Crippen molar-refractivity contribution < 1.29 is 19.4 Å². The first-order valence-corrected chi connectivity index (χ1v) is 9.61. The van der Waals surface area contributed by atoms with Crippen LogP contribution in [0.4, 0.5) is 0 Å². The van der Waals surface area contributed by atoms with Crippen LogP contribution in [-0.2, 0) is 6.42 Å². The van der Waals surface area contributed by atoms with Gasteiger partial charge in [0, 0.05) is 12.0 Å². The average molecular weight is 367 g/mol. The first kappa shape index (κ1) is 17.9. The summed E-state index contributed by atoms with van der Waals surface area (Å²) in [5.74, 6) is 1.73. The number of hydrogen-bond acceptors (Lipinski definition) is 4. The van der Waals surface area contributed by atoms with Crippen molar-refractivity contribution in [2.24, 2.45) is 5.92 Å². The zero-order valence-corrected chi connectivity index (χ0v) is 15.5. The number of hydrogen-bond donors (Lipinski definition) is 2. The lowest BCUT2D eigenvalue weighted by Gasteiger charge is -2.38. The molecule has 5 nitrogen and oxygen atoms in total. The maximum atomic E-state index is 12.9. The SMILES string of the molecule is CCOc1cccc(C(=O)NC(c2ccc3c(c2)CCO3)C2CC(O)C2)c1. The second-order valence-electron chi connectivity index (χ2n) is 7.26. The summed E-state index contributed by atoms with van der Waals surface area (Å²) < 4.78 is 11.1. The molecule has 0 radical (unpaired) electrons. The van der Waals surface area contributed by atoms with Crippen LogP contribution in [0.3, 0.4) is 0 Å². The standard InChI is InChI=1S/C22H25NO4/c1-2-26-19-5-3-4-16(13-19)22(25)23-21(17-11-18(24)12-17)15-6-7-20-14(10-15)8-9-27-20/h3-7,10,13,17-18,21,24H,2,8-9,11-12H2,1H3,(H,23,25). The van der Waals surface area contributed by atoms with Gasteiger partial charge in [0.1, 0.15) is 11.5 Å². The number of fused-ring (bicyclic) bond motifs is 1. The fraction of sp³-hybridized carbons (Fsp3) is 0.409. The van der Waals surface area contributed by atoms with Crippen molar-refractivity contribution in [1.82, 2.24) is 5.32 Å². The lowest BCUT2D eigenvalue weighted by molar-refractivity contribution is 0.0235. The van der Waals surface area contributed by atoms with Gasteiger partial charge in [-0.25, -0.2) is 0 Å². The second-order valence-corrected chi connectivity index (χ2v) is 7.26. The van der Waals surface area contributed by atoms with E-state index in [1.54, 1.807) is 12.1 Å². The van der Waals surface area contributed by atoms with Gasteiger partial charge < -0.3 is 19.9 Å². The van der Waals surface area contributed by atoms with Crippen molar-refractivity contribution in [3.8, 4) is 11.5 Å². The molecule has 1 aliphatic carbocycles. The molecule has 2 N–H and O–H groups in total. The number of amides is 1. The van der Waals surface area contributed by atoms with Crippen molar-refractivity contribution in [2.45, 2.75) is 38.3 Å². The summed E-state index contributed by atoms with van der Waals surface area (Å²) in [6, 6.07) is 13.3. The van der Waals surface area contributed by atoms with Crippen LogP contribution >= 0.6 is 0 Å². The van der Waals surface area contributed by atoms with Gasteiger partial charge in [-0.1, -0.05) is 12.1 Å². The predicted octanol–water partition coefficient (Wildman–Crippen LogP) is 3.26. The van der Waals surface area contributed by atoms with Crippen LogP contribution < -0.4 is 14.8 Å². The van der Waals surface area contributed by atoms with E-state index >= 15 is 0 Å². The normalized spacial score (nSPS) is 21.6. The molecule has 27 heavy (non-hydrogen) atoms. The highest BCUT2D eigenvalue weighted by Gasteiger charge is 2.36. The monoisotopic (exact) mass is 367 g/mol. The van der Waals surface area contributed by atoms with Crippen LogP contribution in [0.2, 0.25) is 0 Å². The van der Waals surface area contributed by atoms with E-state index in [9.17, 15) is 9.90 Å². The summed E-state index contributed by atoms with van der Waals surface area (Å²) in [6.45, 7) is 3.19. The van der Waals surface area contributed by atoms with Gasteiger partial charge in [0.15, 0.2) is 0 Å². The number of nitrogens with one attached hydrogen (secondary N) is 1. The Kier molecular flexibility index (Phi) is 5.03. The summed E-state index contributed by atoms with van der Waals surface area (Å²) in [6.07, 6.45) is 2.04. The van der Waals surface area contributed by atoms with Gasteiger partial charge in [0.05, 0.1) is 25.4 Å². The average Bonchev–Trinajstić information content (AvgIpc) is 3.12.